The second kappa shape index (κ2) is 8.78. The lowest BCUT2D eigenvalue weighted by Gasteiger charge is -2.10. The van der Waals surface area contributed by atoms with Gasteiger partial charge in [-0.1, -0.05) is 42.5 Å². The van der Waals surface area contributed by atoms with E-state index in [2.05, 4.69) is 57.0 Å². The zero-order valence-electron chi connectivity index (χ0n) is 21.2. The van der Waals surface area contributed by atoms with Crippen molar-refractivity contribution < 1.29 is 9.13 Å². The highest BCUT2D eigenvalue weighted by Crippen LogP contribution is 2.37. The first-order valence-electron chi connectivity index (χ1n) is 13.0. The van der Waals surface area contributed by atoms with Gasteiger partial charge in [0.05, 0.1) is 28.3 Å². The summed E-state index contributed by atoms with van der Waals surface area (Å²) >= 11 is 0. The minimum Gasteiger partial charge on any atom is -0.457 e. The van der Waals surface area contributed by atoms with Gasteiger partial charge < -0.3 is 4.74 Å². The Balaban J connectivity index is 1.28. The first-order chi connectivity index (χ1) is 19.7. The van der Waals surface area contributed by atoms with Crippen molar-refractivity contribution in [2.24, 2.45) is 0 Å². The number of nitrogens with zero attached hydrogens (tertiary/aromatic N) is 4. The van der Waals surface area contributed by atoms with Crippen molar-refractivity contribution >= 4 is 43.6 Å². The molecular formula is C34H21FN4O. The van der Waals surface area contributed by atoms with E-state index >= 15 is 0 Å². The topological polar surface area (TPSA) is 44.9 Å². The monoisotopic (exact) mass is 520 g/mol. The van der Waals surface area contributed by atoms with Crippen LogP contribution in [0.25, 0.3) is 55.2 Å². The van der Waals surface area contributed by atoms with Gasteiger partial charge in [0.2, 0.25) is 0 Å². The smallest absolute Gasteiger partial charge is 0.141 e. The van der Waals surface area contributed by atoms with E-state index in [9.17, 15) is 4.39 Å². The van der Waals surface area contributed by atoms with Gasteiger partial charge in [0.1, 0.15) is 29.0 Å². The normalized spacial score (nSPS) is 11.6. The highest BCUT2D eigenvalue weighted by molar-refractivity contribution is 6.10. The third-order valence-corrected chi connectivity index (χ3v) is 7.35. The fraction of sp³-hybridized carbons (Fsp3) is 0. The van der Waals surface area contributed by atoms with Crippen LogP contribution in [0.3, 0.4) is 0 Å². The Bertz CT molecular complexity index is 2200. The summed E-state index contributed by atoms with van der Waals surface area (Å²) in [5.74, 6) is 2.54. The van der Waals surface area contributed by atoms with Gasteiger partial charge in [-0.15, -0.1) is 0 Å². The summed E-state index contributed by atoms with van der Waals surface area (Å²) in [6.07, 6.45) is 3.05. The van der Waals surface area contributed by atoms with Gasteiger partial charge in [-0.25, -0.2) is 14.4 Å². The van der Waals surface area contributed by atoms with E-state index in [0.717, 1.165) is 55.2 Å². The molecule has 4 heterocycles. The number of hydrogen-bond donors (Lipinski definition) is 0. The molecule has 0 aliphatic carbocycles. The molecule has 6 heteroatoms. The molecule has 190 valence electrons. The number of halogens is 1. The van der Waals surface area contributed by atoms with Crippen molar-refractivity contribution in [2.75, 3.05) is 0 Å². The molecule has 0 saturated heterocycles. The van der Waals surface area contributed by atoms with Gasteiger partial charge in [-0.2, -0.15) is 0 Å². The Kier molecular flexibility index (Phi) is 4.94. The summed E-state index contributed by atoms with van der Waals surface area (Å²) in [5, 5.41) is 4.45. The Morgan fingerprint density at radius 1 is 0.500 bits per heavy atom. The maximum Gasteiger partial charge on any atom is 0.141 e. The highest BCUT2D eigenvalue weighted by atomic mass is 19.1. The largest absolute Gasteiger partial charge is 0.457 e. The van der Waals surface area contributed by atoms with Crippen LogP contribution in [-0.2, 0) is 0 Å². The van der Waals surface area contributed by atoms with Gasteiger partial charge >= 0.3 is 0 Å². The molecule has 0 unspecified atom stereocenters. The molecule has 0 amide bonds. The molecule has 0 aliphatic heterocycles. The Labute approximate surface area is 228 Å². The van der Waals surface area contributed by atoms with E-state index in [1.54, 1.807) is 12.3 Å². The molecular weight excluding hydrogens is 499 g/mol. The molecule has 4 aromatic carbocycles. The van der Waals surface area contributed by atoms with Crippen molar-refractivity contribution in [1.29, 1.82) is 0 Å². The number of aromatic nitrogens is 4. The molecule has 0 bridgehead atoms. The average Bonchev–Trinajstić information content (AvgIpc) is 3.50. The molecule has 4 aromatic heterocycles. The predicted molar refractivity (Wildman–Crippen MR) is 157 cm³/mol. The zero-order valence-corrected chi connectivity index (χ0v) is 21.2. The molecule has 0 saturated carbocycles. The molecule has 0 N–H and O–H groups in total. The molecule has 0 radical (unpaired) electrons. The summed E-state index contributed by atoms with van der Waals surface area (Å²) in [7, 11) is 0. The number of pyridine rings is 2. The lowest BCUT2D eigenvalue weighted by molar-refractivity contribution is 0.484. The van der Waals surface area contributed by atoms with Gasteiger partial charge in [0.15, 0.2) is 0 Å². The molecule has 8 rings (SSSR count). The van der Waals surface area contributed by atoms with Crippen LogP contribution >= 0.6 is 0 Å². The van der Waals surface area contributed by atoms with E-state index in [0.29, 0.717) is 11.6 Å². The minimum absolute atomic E-state index is 0.368. The van der Waals surface area contributed by atoms with Crippen molar-refractivity contribution in [3.05, 3.63) is 133 Å². The molecule has 0 atom stereocenters. The number of para-hydroxylation sites is 2. The van der Waals surface area contributed by atoms with E-state index < -0.39 is 0 Å². The Morgan fingerprint density at radius 3 is 1.60 bits per heavy atom. The van der Waals surface area contributed by atoms with Crippen LogP contribution in [0.1, 0.15) is 0 Å². The fourth-order valence-electron chi connectivity index (χ4n) is 5.64. The van der Waals surface area contributed by atoms with Crippen LogP contribution < -0.4 is 4.74 Å². The third kappa shape index (κ3) is 3.47. The second-order valence-electron chi connectivity index (χ2n) is 9.69. The Morgan fingerprint density at radius 2 is 1.05 bits per heavy atom. The quantitative estimate of drug-likeness (QED) is 0.233. The average molecular weight is 521 g/mol. The number of benzene rings is 4. The van der Waals surface area contributed by atoms with Crippen molar-refractivity contribution in [3.8, 4) is 23.1 Å². The van der Waals surface area contributed by atoms with E-state index in [1.165, 1.54) is 12.3 Å². The predicted octanol–water partition coefficient (Wildman–Crippen LogP) is 8.60. The number of ether oxygens (including phenoxy) is 1. The number of fused-ring (bicyclic) bond motifs is 6. The molecule has 0 spiro atoms. The molecule has 8 aromatic rings. The molecule has 5 nitrogen and oxygen atoms in total. The Hall–Kier alpha value is -5.49. The van der Waals surface area contributed by atoms with Crippen molar-refractivity contribution in [2.45, 2.75) is 0 Å². The first kappa shape index (κ1) is 22.5. The van der Waals surface area contributed by atoms with E-state index in [-0.39, 0.29) is 5.82 Å². The van der Waals surface area contributed by atoms with Gasteiger partial charge in [-0.3, -0.25) is 9.13 Å². The van der Waals surface area contributed by atoms with Gasteiger partial charge in [0.25, 0.3) is 0 Å². The summed E-state index contributed by atoms with van der Waals surface area (Å²) in [5.41, 5.74) is 4.03. The van der Waals surface area contributed by atoms with Crippen LogP contribution in [-0.4, -0.2) is 19.1 Å². The van der Waals surface area contributed by atoms with Gasteiger partial charge in [0, 0.05) is 39.9 Å². The standard InChI is InChI=1S/C34H21FN4O/c35-22-12-17-34(37-21-22)39-30-10-4-2-8-26(30)28-16-14-24(20-32(28)39)40-23-13-15-27-25-7-1-3-9-29(25)38(31(27)19-23)33-11-5-6-18-36-33/h1-21H. The molecule has 0 fully saturated rings. The highest BCUT2D eigenvalue weighted by Gasteiger charge is 2.16. The number of rotatable bonds is 4. The van der Waals surface area contributed by atoms with Crippen molar-refractivity contribution in [3.63, 3.8) is 0 Å². The van der Waals surface area contributed by atoms with Crippen molar-refractivity contribution in [1.82, 2.24) is 19.1 Å². The lowest BCUT2D eigenvalue weighted by Crippen LogP contribution is -1.97. The molecule has 0 aliphatic rings. The number of hydrogen-bond acceptors (Lipinski definition) is 3. The van der Waals surface area contributed by atoms with Crippen LogP contribution in [0, 0.1) is 5.82 Å². The second-order valence-corrected chi connectivity index (χ2v) is 9.69. The fourth-order valence-corrected chi connectivity index (χ4v) is 5.64. The van der Waals surface area contributed by atoms with Crippen LogP contribution in [0.2, 0.25) is 0 Å². The summed E-state index contributed by atoms with van der Waals surface area (Å²) in [6.45, 7) is 0. The SMILES string of the molecule is Fc1ccc(-n2c3ccccc3c3ccc(Oc4ccc5c6ccccc6n(-c6ccccn6)c5c4)cc32)nc1. The lowest BCUT2D eigenvalue weighted by atomic mass is 10.1. The van der Waals surface area contributed by atoms with Gasteiger partial charge in [-0.05, 0) is 60.7 Å². The molecule has 40 heavy (non-hydrogen) atoms. The minimum atomic E-state index is -0.368. The van der Waals surface area contributed by atoms with E-state index in [4.69, 9.17) is 4.74 Å². The third-order valence-electron chi connectivity index (χ3n) is 7.35. The zero-order chi connectivity index (χ0) is 26.6. The summed E-state index contributed by atoms with van der Waals surface area (Å²) < 4.78 is 24.3. The first-order valence-corrected chi connectivity index (χ1v) is 13.0. The summed E-state index contributed by atoms with van der Waals surface area (Å²) in [6, 6.07) is 37.8. The van der Waals surface area contributed by atoms with Crippen LogP contribution in [0.15, 0.2) is 128 Å². The maximum atomic E-state index is 13.7. The summed E-state index contributed by atoms with van der Waals surface area (Å²) in [4.78, 5) is 8.99. The maximum absolute atomic E-state index is 13.7. The van der Waals surface area contributed by atoms with Crippen LogP contribution in [0.4, 0.5) is 4.39 Å². The van der Waals surface area contributed by atoms with Crippen LogP contribution in [0.5, 0.6) is 11.5 Å². The van der Waals surface area contributed by atoms with E-state index in [1.807, 2.05) is 65.2 Å².